The van der Waals surface area contributed by atoms with Crippen molar-refractivity contribution in [1.82, 2.24) is 24.5 Å². The molecule has 4 heterocycles. The van der Waals surface area contributed by atoms with Crippen molar-refractivity contribution in [2.75, 3.05) is 38.3 Å². The van der Waals surface area contributed by atoms with Crippen molar-refractivity contribution in [2.24, 2.45) is 5.16 Å². The van der Waals surface area contributed by atoms with Crippen LogP contribution in [0.4, 0.5) is 5.13 Å². The summed E-state index contributed by atoms with van der Waals surface area (Å²) in [6, 6.07) is -0.944. The Balaban J connectivity index is 1.52. The molecule has 0 spiro atoms. The molecule has 15 heteroatoms. The number of fused-ring (bicyclic) bond motifs is 1. The Labute approximate surface area is 203 Å². The molecular weight excluding hydrogens is 486 g/mol. The van der Waals surface area contributed by atoms with E-state index < -0.39 is 34.7 Å². The second-order valence-corrected chi connectivity index (χ2v) is 10.3. The fraction of sp³-hybridized carbons (Fsp3) is 0.579. The molecule has 0 aliphatic carbocycles. The number of aromatic nitrogens is 2. The monoisotopic (exact) mass is 511 g/mol. The van der Waals surface area contributed by atoms with E-state index in [2.05, 4.69) is 24.7 Å². The largest absolute Gasteiger partial charge is 0.477 e. The minimum atomic E-state index is -1.20. The number of amides is 2. The first-order valence-electron chi connectivity index (χ1n) is 10.5. The van der Waals surface area contributed by atoms with Gasteiger partial charge in [-0.15, -0.1) is 11.8 Å². The van der Waals surface area contributed by atoms with E-state index in [9.17, 15) is 24.6 Å². The number of nitrogens with zero attached hydrogens (tertiary/aromatic N) is 5. The van der Waals surface area contributed by atoms with Gasteiger partial charge in [0.05, 0.1) is 6.61 Å². The van der Waals surface area contributed by atoms with Gasteiger partial charge in [0.2, 0.25) is 11.5 Å². The Morgan fingerprint density at radius 2 is 2.21 bits per heavy atom. The Hall–Kier alpha value is -2.75. The van der Waals surface area contributed by atoms with Crippen molar-refractivity contribution in [1.29, 1.82) is 0 Å². The van der Waals surface area contributed by atoms with Crippen LogP contribution in [0.1, 0.15) is 25.6 Å². The van der Waals surface area contributed by atoms with E-state index in [-0.39, 0.29) is 29.0 Å². The first-order valence-corrected chi connectivity index (χ1v) is 12.3. The van der Waals surface area contributed by atoms with Crippen LogP contribution in [-0.4, -0.2) is 102 Å². The second kappa shape index (κ2) is 9.48. The van der Waals surface area contributed by atoms with Gasteiger partial charge in [0.25, 0.3) is 11.8 Å². The number of nitrogens with one attached hydrogen (secondary N) is 1. The van der Waals surface area contributed by atoms with Crippen LogP contribution in [0.2, 0.25) is 0 Å². The molecule has 184 valence electrons. The number of carbonyl (C=O) groups is 3. The van der Waals surface area contributed by atoms with E-state index in [1.807, 2.05) is 6.92 Å². The number of anilines is 1. The Bertz CT molecular complexity index is 1080. The lowest BCUT2D eigenvalue weighted by Gasteiger charge is -2.50. The highest BCUT2D eigenvalue weighted by molar-refractivity contribution is 8.00. The summed E-state index contributed by atoms with van der Waals surface area (Å²) in [6.07, 6.45) is 1.72. The number of carbonyl (C=O) groups excluding carboxylic acids is 2. The number of hydrogen-bond acceptors (Lipinski definition) is 12. The summed E-state index contributed by atoms with van der Waals surface area (Å²) in [7, 11) is 1.25. The molecule has 1 aromatic rings. The normalized spacial score (nSPS) is 27.4. The number of oxime groups is 1. The number of nitrogens with two attached hydrogens (primary N) is 1. The number of thioether (sulfide) groups is 1. The van der Waals surface area contributed by atoms with Gasteiger partial charge in [0, 0.05) is 29.4 Å². The van der Waals surface area contributed by atoms with Crippen molar-refractivity contribution in [3.8, 4) is 0 Å². The van der Waals surface area contributed by atoms with E-state index in [4.69, 9.17) is 10.6 Å². The summed E-state index contributed by atoms with van der Waals surface area (Å²) in [5.41, 5.74) is 5.46. The van der Waals surface area contributed by atoms with E-state index in [1.165, 1.54) is 23.8 Å². The van der Waals surface area contributed by atoms with Gasteiger partial charge < -0.3 is 26.1 Å². The average Bonchev–Trinajstić information content (AvgIpc) is 3.40. The number of hydrogen-bond donors (Lipinski definition) is 4. The maximum atomic E-state index is 13.0. The minimum absolute atomic E-state index is 0.0277. The molecule has 34 heavy (non-hydrogen) atoms. The van der Waals surface area contributed by atoms with Gasteiger partial charge >= 0.3 is 5.97 Å². The van der Waals surface area contributed by atoms with Gasteiger partial charge in [-0.25, -0.2) is 4.79 Å². The first kappa shape index (κ1) is 24.4. The molecule has 0 radical (unpaired) electrons. The van der Waals surface area contributed by atoms with E-state index in [0.29, 0.717) is 17.9 Å². The predicted octanol–water partition coefficient (Wildman–Crippen LogP) is -0.944. The quantitative estimate of drug-likeness (QED) is 0.192. The fourth-order valence-electron chi connectivity index (χ4n) is 4.38. The number of β-lactam (4-membered cyclic amide) rings is 1. The first-order chi connectivity index (χ1) is 16.2. The molecule has 0 saturated carbocycles. The van der Waals surface area contributed by atoms with Gasteiger partial charge in [-0.2, -0.15) is 9.36 Å². The van der Waals surface area contributed by atoms with Crippen LogP contribution in [0.3, 0.4) is 0 Å². The highest BCUT2D eigenvalue weighted by atomic mass is 32.2. The zero-order valence-electron chi connectivity index (χ0n) is 18.6. The number of carboxylic acids is 1. The predicted molar refractivity (Wildman–Crippen MR) is 124 cm³/mol. The molecule has 13 nitrogen and oxygen atoms in total. The van der Waals surface area contributed by atoms with Gasteiger partial charge in [-0.05, 0) is 31.9 Å². The summed E-state index contributed by atoms with van der Waals surface area (Å²) < 4.78 is 3.95. The number of aliphatic hydroxyl groups excluding tert-OH is 1. The van der Waals surface area contributed by atoms with Crippen LogP contribution in [0.15, 0.2) is 16.4 Å². The summed E-state index contributed by atoms with van der Waals surface area (Å²) in [5.74, 6) is -2.13. The highest BCUT2D eigenvalue weighted by Crippen LogP contribution is 2.41. The van der Waals surface area contributed by atoms with Gasteiger partial charge in [-0.1, -0.05) is 5.16 Å². The molecule has 1 aromatic heterocycles. The molecule has 3 aliphatic heterocycles. The number of aliphatic carboxylic acids is 1. The SMILES string of the molecule is CON=C(C(=O)N[C@@H]1C(=O)N2C(C(=O)O)=C(CN3CCC[C@@]3(C)CO)CS[C@@H]12)c1nsc(N)n1. The molecule has 3 atom stereocenters. The summed E-state index contributed by atoms with van der Waals surface area (Å²) in [4.78, 5) is 49.8. The molecule has 0 aromatic carbocycles. The Kier molecular flexibility index (Phi) is 6.80. The van der Waals surface area contributed by atoms with Gasteiger partial charge in [0.1, 0.15) is 24.2 Å². The second-order valence-electron chi connectivity index (χ2n) is 8.38. The molecule has 2 amide bonds. The van der Waals surface area contributed by atoms with Crippen molar-refractivity contribution >= 4 is 51.9 Å². The topological polar surface area (TPSA) is 184 Å². The van der Waals surface area contributed by atoms with Crippen LogP contribution in [0.5, 0.6) is 0 Å². The lowest BCUT2D eigenvalue weighted by atomic mass is 9.98. The summed E-state index contributed by atoms with van der Waals surface area (Å²) in [5, 5.41) is 25.5. The molecule has 4 rings (SSSR count). The zero-order valence-corrected chi connectivity index (χ0v) is 20.2. The maximum Gasteiger partial charge on any atom is 0.352 e. The highest BCUT2D eigenvalue weighted by Gasteiger charge is 2.55. The maximum absolute atomic E-state index is 13.0. The smallest absolute Gasteiger partial charge is 0.352 e. The number of aliphatic hydroxyl groups is 1. The van der Waals surface area contributed by atoms with Crippen LogP contribution in [-0.2, 0) is 19.2 Å². The molecule has 5 N–H and O–H groups in total. The lowest BCUT2D eigenvalue weighted by Crippen LogP contribution is -2.71. The molecule has 2 saturated heterocycles. The third-order valence-corrected chi connectivity index (χ3v) is 8.10. The van der Waals surface area contributed by atoms with Gasteiger partial charge in [0.15, 0.2) is 5.13 Å². The van der Waals surface area contributed by atoms with Crippen LogP contribution in [0, 0.1) is 0 Å². The number of nitrogen functional groups attached to an aromatic ring is 1. The Morgan fingerprint density at radius 1 is 1.44 bits per heavy atom. The van der Waals surface area contributed by atoms with Crippen LogP contribution >= 0.6 is 23.3 Å². The number of rotatable bonds is 8. The third kappa shape index (κ3) is 4.23. The fourth-order valence-corrected chi connectivity index (χ4v) is 6.15. The van der Waals surface area contributed by atoms with Crippen molar-refractivity contribution in [3.05, 3.63) is 17.1 Å². The average molecular weight is 512 g/mol. The van der Waals surface area contributed by atoms with Crippen LogP contribution in [0.25, 0.3) is 0 Å². The molecule has 0 unspecified atom stereocenters. The standard InChI is InChI=1S/C19H25N7O6S2/c1-19(8-27)4-3-5-25(19)6-9-7-33-16-11(15(29)26(16)12(9)17(30)31)21-14(28)10(23-32-2)13-22-18(20)34-24-13/h11,16,27H,3-8H2,1-2H3,(H,21,28)(H,30,31)(H2,20,22,24)/t11-,16+,19+/m1/s1. The number of carboxylic acid groups (broad SMARTS) is 1. The van der Waals surface area contributed by atoms with Gasteiger partial charge in [-0.3, -0.25) is 19.4 Å². The van der Waals surface area contributed by atoms with Crippen molar-refractivity contribution in [2.45, 2.75) is 36.7 Å². The summed E-state index contributed by atoms with van der Waals surface area (Å²) >= 11 is 2.25. The van der Waals surface area contributed by atoms with E-state index >= 15 is 0 Å². The molecule has 2 fully saturated rings. The van der Waals surface area contributed by atoms with Crippen molar-refractivity contribution < 1.29 is 29.4 Å². The van der Waals surface area contributed by atoms with E-state index in [1.54, 1.807) is 0 Å². The molecule has 0 bridgehead atoms. The lowest BCUT2D eigenvalue weighted by molar-refractivity contribution is -0.150. The number of likely N-dealkylation sites (tertiary alicyclic amines) is 1. The Morgan fingerprint density at radius 3 is 2.82 bits per heavy atom. The van der Waals surface area contributed by atoms with E-state index in [0.717, 1.165) is 30.9 Å². The zero-order chi connectivity index (χ0) is 24.6. The molecular formula is C19H25N7O6S2. The molecule has 3 aliphatic rings. The third-order valence-electron chi connectivity index (χ3n) is 6.22. The summed E-state index contributed by atoms with van der Waals surface area (Å²) in [6.45, 7) is 3.01. The minimum Gasteiger partial charge on any atom is -0.477 e. The van der Waals surface area contributed by atoms with Crippen molar-refractivity contribution in [3.63, 3.8) is 0 Å². The van der Waals surface area contributed by atoms with Crippen LogP contribution < -0.4 is 11.1 Å².